The number of hydrogen-bond acceptors (Lipinski definition) is 2. The molecule has 5 heteroatoms. The van der Waals surface area contributed by atoms with E-state index >= 15 is 0 Å². The van der Waals surface area contributed by atoms with Crippen LogP contribution < -0.4 is 0 Å². The van der Waals surface area contributed by atoms with E-state index in [9.17, 15) is 0 Å². The molecular formula is H5Ca2NO2. The van der Waals surface area contributed by atoms with E-state index in [1.54, 1.807) is 0 Å². The van der Waals surface area contributed by atoms with Crippen molar-refractivity contribution < 1.29 is 10.9 Å². The summed E-state index contributed by atoms with van der Waals surface area (Å²) in [4.78, 5) is 8.11. The van der Waals surface area contributed by atoms with E-state index in [0.717, 1.165) is 0 Å². The first-order valence-corrected chi connectivity index (χ1v) is 0.383. The zero-order valence-corrected chi connectivity index (χ0v) is 7.13. The molecule has 0 aliphatic heterocycles. The minimum Gasteiger partial charge on any atom is -1.00 e. The smallest absolute Gasteiger partial charge is 1.00 e. The van der Waals surface area contributed by atoms with Crippen molar-refractivity contribution in [3.05, 3.63) is 4.91 Å². The van der Waals surface area contributed by atoms with Crippen LogP contribution in [0.25, 0.3) is 0 Å². The standard InChI is InChI=1S/2Ca.HNO2.4H/c;;2-1-3;;;;/h;;(H,2,3);;;;/q2*+2;;4*-1. The fourth-order valence-corrected chi connectivity index (χ4v) is 0. The van der Waals surface area contributed by atoms with Gasteiger partial charge in [0.2, 0.25) is 0 Å². The van der Waals surface area contributed by atoms with Crippen LogP contribution in [0.2, 0.25) is 0 Å². The molecule has 0 aromatic rings. The van der Waals surface area contributed by atoms with Gasteiger partial charge in [-0.2, -0.15) is 0 Å². The Morgan fingerprint density at radius 1 is 1.60 bits per heavy atom. The average Bonchev–Trinajstić information content (AvgIpc) is 0.918. The van der Waals surface area contributed by atoms with Gasteiger partial charge in [-0.25, -0.2) is 0 Å². The van der Waals surface area contributed by atoms with Crippen LogP contribution in [-0.2, 0) is 0 Å². The fraction of sp³-hybridized carbons (Fsp3) is 0. The molecule has 0 atom stereocenters. The fourth-order valence-electron chi connectivity index (χ4n) is 0. The third kappa shape index (κ3) is 24.7. The molecule has 0 aromatic heterocycles. The molecule has 0 bridgehead atoms. The largest absolute Gasteiger partial charge is 2.00 e. The third-order valence-corrected chi connectivity index (χ3v) is 0. The van der Waals surface area contributed by atoms with Crippen LogP contribution in [0.5, 0.6) is 0 Å². The van der Waals surface area contributed by atoms with E-state index in [2.05, 4.69) is 0 Å². The number of hydrogen-bond donors (Lipinski definition) is 1. The maximum Gasteiger partial charge on any atom is 2.00 e. The second-order valence-electron chi connectivity index (χ2n) is 0.0816. The van der Waals surface area contributed by atoms with Crippen LogP contribution in [0, 0.1) is 4.91 Å². The van der Waals surface area contributed by atoms with Gasteiger partial charge in [0, 0.05) is 0 Å². The first kappa shape index (κ1) is 15.8. The van der Waals surface area contributed by atoms with Crippen molar-refractivity contribution in [1.82, 2.24) is 0 Å². The monoisotopic (exact) mass is 131 g/mol. The minimum atomic E-state index is 0. The van der Waals surface area contributed by atoms with Crippen LogP contribution >= 0.6 is 0 Å². The van der Waals surface area contributed by atoms with Crippen LogP contribution in [0.1, 0.15) is 5.71 Å². The first-order valence-electron chi connectivity index (χ1n) is 0.383. The van der Waals surface area contributed by atoms with Crippen LogP contribution in [0.3, 0.4) is 0 Å². The molecule has 3 nitrogen and oxygen atoms in total. The van der Waals surface area contributed by atoms with Gasteiger partial charge in [0.15, 0.2) is 5.34 Å². The van der Waals surface area contributed by atoms with Crippen molar-refractivity contribution >= 4 is 75.5 Å². The van der Waals surface area contributed by atoms with Gasteiger partial charge in [-0.3, -0.25) is 0 Å². The van der Waals surface area contributed by atoms with Crippen LogP contribution in [-0.4, -0.2) is 80.7 Å². The van der Waals surface area contributed by atoms with Crippen molar-refractivity contribution in [3.63, 3.8) is 0 Å². The van der Waals surface area contributed by atoms with E-state index in [0.29, 0.717) is 0 Å². The van der Waals surface area contributed by atoms with E-state index in [-0.39, 0.29) is 81.2 Å². The van der Waals surface area contributed by atoms with Crippen LogP contribution in [0.4, 0.5) is 0 Å². The summed E-state index contributed by atoms with van der Waals surface area (Å²) in [5.41, 5.74) is 0. The second-order valence-corrected chi connectivity index (χ2v) is 0.0816. The summed E-state index contributed by atoms with van der Waals surface area (Å²) in [5.74, 6) is 0. The van der Waals surface area contributed by atoms with E-state index < -0.39 is 0 Å². The Bertz CT molecular complexity index is 24.0. The minimum absolute atomic E-state index is 0. The van der Waals surface area contributed by atoms with E-state index in [1.807, 2.05) is 0 Å². The predicted molar refractivity (Wildman–Crippen MR) is 23.5 cm³/mol. The Morgan fingerprint density at radius 3 is 1.60 bits per heavy atom. The molecule has 0 unspecified atom stereocenters. The van der Waals surface area contributed by atoms with Gasteiger partial charge >= 0.3 is 75.5 Å². The first-order chi connectivity index (χ1) is 1.41. The molecule has 0 aliphatic rings. The molecule has 0 fully saturated rings. The molecule has 0 spiro atoms. The van der Waals surface area contributed by atoms with E-state index in [4.69, 9.17) is 10.1 Å². The number of rotatable bonds is 0. The molecule has 5 heavy (non-hydrogen) atoms. The van der Waals surface area contributed by atoms with Crippen molar-refractivity contribution in [3.8, 4) is 0 Å². The maximum atomic E-state index is 8.11. The summed E-state index contributed by atoms with van der Waals surface area (Å²) < 4.78 is 0. The summed E-state index contributed by atoms with van der Waals surface area (Å²) in [6.45, 7) is 0. The van der Waals surface area contributed by atoms with Crippen molar-refractivity contribution in [1.29, 1.82) is 0 Å². The summed E-state index contributed by atoms with van der Waals surface area (Å²) in [6.07, 6.45) is 0. The Balaban J connectivity index is -0.00000000133. The average molecular weight is 131 g/mol. The molecule has 0 amide bonds. The summed E-state index contributed by atoms with van der Waals surface area (Å²) in [5, 5.41) is 7.89. The van der Waals surface area contributed by atoms with Crippen molar-refractivity contribution in [2.45, 2.75) is 0 Å². The molecule has 0 heterocycles. The molecule has 0 aromatic carbocycles. The molecule has 0 saturated carbocycles. The second kappa shape index (κ2) is 16.8. The predicted octanol–water partition coefficient (Wildman–Crippen LogP) is -0.170. The van der Waals surface area contributed by atoms with Gasteiger partial charge in [0.25, 0.3) is 0 Å². The van der Waals surface area contributed by atoms with Crippen molar-refractivity contribution in [2.24, 2.45) is 5.34 Å². The molecule has 0 saturated heterocycles. The Hall–Kier alpha value is 1.92. The van der Waals surface area contributed by atoms with Gasteiger partial charge in [-0.05, 0) is 0 Å². The topological polar surface area (TPSA) is 49.7 Å². The Morgan fingerprint density at radius 2 is 1.60 bits per heavy atom. The zero-order valence-electron chi connectivity index (χ0n) is 6.72. The number of nitrogens with zero attached hydrogens (tertiary/aromatic N) is 1. The molecule has 26 valence electrons. The van der Waals surface area contributed by atoms with Gasteiger partial charge in [0.1, 0.15) is 0 Å². The summed E-state index contributed by atoms with van der Waals surface area (Å²) in [6, 6.07) is 0. The summed E-state index contributed by atoms with van der Waals surface area (Å²) >= 11 is 0. The normalized spacial score (nSPS) is 2.40. The van der Waals surface area contributed by atoms with Crippen molar-refractivity contribution in [2.75, 3.05) is 0 Å². The maximum absolute atomic E-state index is 8.11. The van der Waals surface area contributed by atoms with Crippen LogP contribution in [0.15, 0.2) is 5.34 Å². The molecule has 0 rings (SSSR count). The molecule has 0 radical (unpaired) electrons. The van der Waals surface area contributed by atoms with Gasteiger partial charge < -0.3 is 10.9 Å². The van der Waals surface area contributed by atoms with Gasteiger partial charge in [0.05, 0.1) is 0 Å². The molecular weight excluding hydrogens is 126 g/mol. The summed E-state index contributed by atoms with van der Waals surface area (Å²) in [7, 11) is 0. The molecule has 0 aliphatic carbocycles. The molecule has 1 N–H and O–H groups in total. The Kier molecular flexibility index (Phi) is 53.1. The van der Waals surface area contributed by atoms with E-state index in [1.165, 1.54) is 5.34 Å². The Labute approximate surface area is 95.0 Å². The van der Waals surface area contributed by atoms with Gasteiger partial charge in [-0.1, -0.05) is 0 Å². The quantitative estimate of drug-likeness (QED) is 0.282. The zero-order chi connectivity index (χ0) is 2.71. The van der Waals surface area contributed by atoms with Gasteiger partial charge in [-0.15, -0.1) is 4.91 Å². The third-order valence-electron chi connectivity index (χ3n) is 0. The SMILES string of the molecule is O=NO.[Ca+2].[Ca+2].[H-].[H-].[H-].[H-].